The molecule has 0 bridgehead atoms. The second-order valence-corrected chi connectivity index (χ2v) is 11.9. The molecule has 0 atom stereocenters. The molecule has 0 amide bonds. The molecule has 1 heterocycles. The Bertz CT molecular complexity index is 2370. The van der Waals surface area contributed by atoms with E-state index in [0.29, 0.717) is 0 Å². The summed E-state index contributed by atoms with van der Waals surface area (Å²) in [5.74, 6) is 0. The molecule has 0 N–H and O–H groups in total. The summed E-state index contributed by atoms with van der Waals surface area (Å²) >= 11 is 0. The number of fused-ring (bicyclic) bond motifs is 3. The fraction of sp³-hybridized carbons (Fsp3) is 0. The van der Waals surface area contributed by atoms with Gasteiger partial charge in [-0.2, -0.15) is 0 Å². The van der Waals surface area contributed by atoms with Gasteiger partial charge in [-0.15, -0.1) is 0 Å². The van der Waals surface area contributed by atoms with E-state index in [-0.39, 0.29) is 0 Å². The van der Waals surface area contributed by atoms with Gasteiger partial charge >= 0.3 is 0 Å². The molecule has 0 spiro atoms. The third kappa shape index (κ3) is 4.21. The van der Waals surface area contributed by atoms with Crippen molar-refractivity contribution in [3.63, 3.8) is 0 Å². The van der Waals surface area contributed by atoms with Crippen LogP contribution in [0.5, 0.6) is 0 Å². The van der Waals surface area contributed by atoms with Crippen LogP contribution < -0.4 is 0 Å². The van der Waals surface area contributed by atoms with Gasteiger partial charge in [-0.05, 0) is 78.0 Å². The number of nitrogens with zero attached hydrogens (tertiary/aromatic N) is 1. The Balaban J connectivity index is 1.22. The Morgan fingerprint density at radius 1 is 0.283 bits per heavy atom. The first-order valence-corrected chi connectivity index (χ1v) is 15.8. The number of pyridine rings is 1. The van der Waals surface area contributed by atoms with Crippen molar-refractivity contribution in [3.05, 3.63) is 176 Å². The first-order valence-electron chi connectivity index (χ1n) is 15.8. The van der Waals surface area contributed by atoms with Crippen LogP contribution in [0.2, 0.25) is 0 Å². The highest BCUT2D eigenvalue weighted by Crippen LogP contribution is 2.50. The average Bonchev–Trinajstić information content (AvgIpc) is 3.47. The van der Waals surface area contributed by atoms with Gasteiger partial charge in [-0.3, -0.25) is 4.98 Å². The number of aromatic nitrogens is 1. The Kier molecular flexibility index (Phi) is 6.21. The summed E-state index contributed by atoms with van der Waals surface area (Å²) < 4.78 is 0. The van der Waals surface area contributed by atoms with Crippen molar-refractivity contribution in [1.29, 1.82) is 0 Å². The van der Waals surface area contributed by atoms with Crippen LogP contribution in [0.25, 0.3) is 88.7 Å². The molecule has 1 aromatic heterocycles. The van der Waals surface area contributed by atoms with Crippen LogP contribution >= 0.6 is 0 Å². The van der Waals surface area contributed by atoms with Gasteiger partial charge in [0.1, 0.15) is 0 Å². The maximum atomic E-state index is 4.76. The van der Waals surface area contributed by atoms with Crippen molar-refractivity contribution in [1.82, 2.24) is 4.98 Å². The molecule has 9 rings (SSSR count). The highest BCUT2D eigenvalue weighted by molar-refractivity contribution is 6.19. The highest BCUT2D eigenvalue weighted by Gasteiger charge is 2.23. The summed E-state index contributed by atoms with van der Waals surface area (Å²) in [7, 11) is 0. The van der Waals surface area contributed by atoms with Crippen molar-refractivity contribution < 1.29 is 0 Å². The summed E-state index contributed by atoms with van der Waals surface area (Å²) in [5.41, 5.74) is 17.1. The quantitative estimate of drug-likeness (QED) is 0.196. The molecular weight excluding hydrogens is 555 g/mol. The minimum absolute atomic E-state index is 1.12. The topological polar surface area (TPSA) is 12.9 Å². The average molecular weight is 584 g/mol. The van der Waals surface area contributed by atoms with E-state index >= 15 is 0 Å². The molecule has 8 aromatic rings. The lowest BCUT2D eigenvalue weighted by Gasteiger charge is -2.17. The van der Waals surface area contributed by atoms with E-state index in [1.807, 2.05) is 12.4 Å². The van der Waals surface area contributed by atoms with Gasteiger partial charge in [0.25, 0.3) is 0 Å². The van der Waals surface area contributed by atoms with Crippen molar-refractivity contribution >= 4 is 10.8 Å². The Labute approximate surface area is 269 Å². The van der Waals surface area contributed by atoms with Crippen LogP contribution in [0.4, 0.5) is 0 Å². The second-order valence-electron chi connectivity index (χ2n) is 11.9. The fourth-order valence-corrected chi connectivity index (χ4v) is 7.30. The lowest BCUT2D eigenvalue weighted by atomic mass is 9.87. The van der Waals surface area contributed by atoms with E-state index in [1.54, 1.807) is 0 Å². The summed E-state index contributed by atoms with van der Waals surface area (Å²) in [6, 6.07) is 59.1. The maximum Gasteiger partial charge on any atom is 0.0353 e. The van der Waals surface area contributed by atoms with Crippen LogP contribution in [-0.2, 0) is 0 Å². The van der Waals surface area contributed by atoms with E-state index in [4.69, 9.17) is 4.98 Å². The van der Waals surface area contributed by atoms with E-state index in [9.17, 15) is 0 Å². The van der Waals surface area contributed by atoms with E-state index in [1.165, 1.54) is 66.4 Å². The lowest BCUT2D eigenvalue weighted by molar-refractivity contribution is 1.33. The van der Waals surface area contributed by atoms with Crippen LogP contribution in [0, 0.1) is 0 Å². The zero-order valence-corrected chi connectivity index (χ0v) is 25.2. The Morgan fingerprint density at radius 3 is 1.43 bits per heavy atom. The number of benzene rings is 7. The summed E-state index contributed by atoms with van der Waals surface area (Å²) in [6.07, 6.45) is 4.01. The lowest BCUT2D eigenvalue weighted by Crippen LogP contribution is -1.93. The summed E-state index contributed by atoms with van der Waals surface area (Å²) in [6.45, 7) is 0. The number of hydrogen-bond acceptors (Lipinski definition) is 1. The van der Waals surface area contributed by atoms with Gasteiger partial charge < -0.3 is 0 Å². The van der Waals surface area contributed by atoms with Crippen molar-refractivity contribution in [2.24, 2.45) is 0 Å². The van der Waals surface area contributed by atoms with Gasteiger partial charge in [0.15, 0.2) is 0 Å². The van der Waals surface area contributed by atoms with E-state index < -0.39 is 0 Å². The molecule has 214 valence electrons. The molecule has 0 fully saturated rings. The van der Waals surface area contributed by atoms with Gasteiger partial charge in [-0.25, -0.2) is 0 Å². The third-order valence-electron chi connectivity index (χ3n) is 9.34. The van der Waals surface area contributed by atoms with Crippen molar-refractivity contribution in [2.45, 2.75) is 0 Å². The zero-order chi connectivity index (χ0) is 30.5. The van der Waals surface area contributed by atoms with Crippen molar-refractivity contribution in [2.75, 3.05) is 0 Å². The number of rotatable bonds is 5. The van der Waals surface area contributed by atoms with Gasteiger partial charge in [0.05, 0.1) is 0 Å². The van der Waals surface area contributed by atoms with Crippen LogP contribution in [0.3, 0.4) is 0 Å². The molecule has 46 heavy (non-hydrogen) atoms. The minimum Gasteiger partial charge on any atom is -0.263 e. The molecule has 1 heteroatoms. The standard InChI is InChI=1S/C45H29N/c1-3-13-30(14-4-1)42-28-46-29-43(44(42)31-15-5-2-6-16-31)33-18-11-17-32(27-33)34-19-7-8-20-35(34)38-25-26-41-37-22-10-9-21-36(37)39-23-12-24-40(38)45(39)41/h1-29H. The minimum atomic E-state index is 1.12. The monoisotopic (exact) mass is 583 g/mol. The smallest absolute Gasteiger partial charge is 0.0353 e. The summed E-state index contributed by atoms with van der Waals surface area (Å²) in [4.78, 5) is 4.76. The first kappa shape index (κ1) is 26.4. The van der Waals surface area contributed by atoms with Gasteiger partial charge in [-0.1, -0.05) is 158 Å². The van der Waals surface area contributed by atoms with Crippen LogP contribution in [-0.4, -0.2) is 4.98 Å². The molecule has 1 aliphatic carbocycles. The molecule has 0 saturated heterocycles. The largest absolute Gasteiger partial charge is 0.263 e. The highest BCUT2D eigenvalue weighted by atomic mass is 14.6. The molecule has 0 radical (unpaired) electrons. The molecule has 0 unspecified atom stereocenters. The van der Waals surface area contributed by atoms with Crippen LogP contribution in [0.15, 0.2) is 176 Å². The van der Waals surface area contributed by atoms with Gasteiger partial charge in [0.2, 0.25) is 0 Å². The maximum absolute atomic E-state index is 4.76. The molecule has 1 nitrogen and oxygen atoms in total. The van der Waals surface area contributed by atoms with Crippen molar-refractivity contribution in [3.8, 4) is 77.9 Å². The SMILES string of the molecule is c1ccc(-c2cncc(-c3cccc(-c4ccccc4-c4ccc5c6c(cccc46)-c4ccccc4-5)c3)c2-c2ccccc2)cc1. The summed E-state index contributed by atoms with van der Waals surface area (Å²) in [5, 5.41) is 2.64. The molecule has 0 aliphatic heterocycles. The normalized spacial score (nSPS) is 11.5. The molecular formula is C45H29N. The molecule has 7 aromatic carbocycles. The number of hydrogen-bond donors (Lipinski definition) is 0. The second kappa shape index (κ2) is 10.8. The van der Waals surface area contributed by atoms with Crippen LogP contribution in [0.1, 0.15) is 0 Å². The Hall–Kier alpha value is -6.05. The first-order chi connectivity index (χ1) is 22.8. The van der Waals surface area contributed by atoms with Gasteiger partial charge in [0, 0.05) is 29.1 Å². The molecule has 1 aliphatic rings. The zero-order valence-electron chi connectivity index (χ0n) is 25.2. The Morgan fingerprint density at radius 2 is 0.739 bits per heavy atom. The molecule has 0 saturated carbocycles. The van der Waals surface area contributed by atoms with E-state index in [0.717, 1.165) is 22.3 Å². The predicted octanol–water partition coefficient (Wildman–Crippen LogP) is 12.2. The fourth-order valence-electron chi connectivity index (χ4n) is 7.30. The third-order valence-corrected chi connectivity index (χ3v) is 9.34. The predicted molar refractivity (Wildman–Crippen MR) is 193 cm³/mol. The van der Waals surface area contributed by atoms with E-state index in [2.05, 4.69) is 164 Å².